The SMILES string of the molecule is C=CCNC(=O)CNc1c(C(C)C)cccc1C(C)C. The maximum atomic E-state index is 11.7. The average Bonchev–Trinajstić information content (AvgIpc) is 2.42. The van der Waals surface area contributed by atoms with E-state index in [2.05, 4.69) is 63.1 Å². The zero-order valence-electron chi connectivity index (χ0n) is 13.0. The number of nitrogens with one attached hydrogen (secondary N) is 2. The van der Waals surface area contributed by atoms with E-state index in [0.29, 0.717) is 18.4 Å². The van der Waals surface area contributed by atoms with Gasteiger partial charge in [0.25, 0.3) is 0 Å². The van der Waals surface area contributed by atoms with E-state index in [1.807, 2.05) is 0 Å². The Bertz CT molecular complexity index is 438. The van der Waals surface area contributed by atoms with Crippen molar-refractivity contribution < 1.29 is 4.79 Å². The standard InChI is InChI=1S/C17H26N2O/c1-6-10-18-16(20)11-19-17-14(12(2)3)8-7-9-15(17)13(4)5/h6-9,12-13,19H,1,10-11H2,2-5H3,(H,18,20). The number of rotatable bonds is 7. The van der Waals surface area contributed by atoms with E-state index in [1.54, 1.807) is 6.08 Å². The summed E-state index contributed by atoms with van der Waals surface area (Å²) >= 11 is 0. The van der Waals surface area contributed by atoms with Crippen LogP contribution in [0.3, 0.4) is 0 Å². The third-order valence-electron chi connectivity index (χ3n) is 3.24. The number of hydrogen-bond acceptors (Lipinski definition) is 2. The minimum Gasteiger partial charge on any atom is -0.376 e. The van der Waals surface area contributed by atoms with Crippen LogP contribution in [0.5, 0.6) is 0 Å². The van der Waals surface area contributed by atoms with E-state index in [1.165, 1.54) is 11.1 Å². The van der Waals surface area contributed by atoms with Crippen LogP contribution in [0, 0.1) is 0 Å². The first-order valence-corrected chi connectivity index (χ1v) is 7.21. The Labute approximate surface area is 122 Å². The molecule has 0 aliphatic carbocycles. The molecule has 0 saturated heterocycles. The summed E-state index contributed by atoms with van der Waals surface area (Å²) in [5, 5.41) is 6.09. The summed E-state index contributed by atoms with van der Waals surface area (Å²) in [4.78, 5) is 11.7. The highest BCUT2D eigenvalue weighted by Gasteiger charge is 2.14. The van der Waals surface area contributed by atoms with Gasteiger partial charge in [0.1, 0.15) is 0 Å². The van der Waals surface area contributed by atoms with Crippen molar-refractivity contribution in [2.24, 2.45) is 0 Å². The van der Waals surface area contributed by atoms with E-state index in [0.717, 1.165) is 5.69 Å². The number of carbonyl (C=O) groups excluding carboxylic acids is 1. The second kappa shape index (κ2) is 7.73. The Morgan fingerprint density at radius 2 is 1.75 bits per heavy atom. The van der Waals surface area contributed by atoms with Gasteiger partial charge in [0.15, 0.2) is 0 Å². The van der Waals surface area contributed by atoms with Gasteiger partial charge in [0.05, 0.1) is 6.54 Å². The molecular weight excluding hydrogens is 248 g/mol. The molecule has 1 aromatic rings. The smallest absolute Gasteiger partial charge is 0.239 e. The molecule has 3 nitrogen and oxygen atoms in total. The molecule has 1 amide bonds. The Hall–Kier alpha value is -1.77. The number of anilines is 1. The quantitative estimate of drug-likeness (QED) is 0.745. The molecule has 0 aromatic heterocycles. The topological polar surface area (TPSA) is 41.1 Å². The number of para-hydroxylation sites is 1. The van der Waals surface area contributed by atoms with Crippen molar-refractivity contribution in [3.8, 4) is 0 Å². The number of amides is 1. The zero-order valence-corrected chi connectivity index (χ0v) is 13.0. The molecule has 0 saturated carbocycles. The van der Waals surface area contributed by atoms with E-state index in [9.17, 15) is 4.79 Å². The summed E-state index contributed by atoms with van der Waals surface area (Å²) in [6.45, 7) is 13.1. The molecule has 20 heavy (non-hydrogen) atoms. The minimum absolute atomic E-state index is 0.0156. The Balaban J connectivity index is 2.90. The molecule has 0 aliphatic rings. The van der Waals surface area contributed by atoms with Crippen LogP contribution >= 0.6 is 0 Å². The van der Waals surface area contributed by atoms with Gasteiger partial charge in [-0.25, -0.2) is 0 Å². The summed E-state index contributed by atoms with van der Waals surface area (Å²) in [6, 6.07) is 6.34. The second-order valence-electron chi connectivity index (χ2n) is 5.57. The first kappa shape index (κ1) is 16.3. The lowest BCUT2D eigenvalue weighted by molar-refractivity contribution is -0.119. The molecule has 1 aromatic carbocycles. The van der Waals surface area contributed by atoms with Crippen LogP contribution in [0.25, 0.3) is 0 Å². The predicted molar refractivity (Wildman–Crippen MR) is 86.3 cm³/mol. The molecule has 0 atom stereocenters. The fraction of sp³-hybridized carbons (Fsp3) is 0.471. The Morgan fingerprint density at radius 1 is 1.20 bits per heavy atom. The van der Waals surface area contributed by atoms with Crippen LogP contribution < -0.4 is 10.6 Å². The molecule has 1 rings (SSSR count). The first-order valence-electron chi connectivity index (χ1n) is 7.21. The molecular formula is C17H26N2O. The number of carbonyl (C=O) groups is 1. The molecule has 0 radical (unpaired) electrons. The molecule has 0 spiro atoms. The van der Waals surface area contributed by atoms with Gasteiger partial charge in [-0.1, -0.05) is 52.0 Å². The summed E-state index contributed by atoms with van der Waals surface area (Å²) in [7, 11) is 0. The first-order chi connectivity index (χ1) is 9.47. The lowest BCUT2D eigenvalue weighted by Gasteiger charge is -2.20. The molecule has 110 valence electrons. The molecule has 0 fully saturated rings. The Morgan fingerprint density at radius 3 is 2.20 bits per heavy atom. The minimum atomic E-state index is -0.0156. The van der Waals surface area contributed by atoms with E-state index < -0.39 is 0 Å². The summed E-state index contributed by atoms with van der Waals surface area (Å²) in [5.74, 6) is 0.832. The van der Waals surface area contributed by atoms with Crippen molar-refractivity contribution in [1.29, 1.82) is 0 Å². The second-order valence-corrected chi connectivity index (χ2v) is 5.57. The van der Waals surface area contributed by atoms with E-state index in [-0.39, 0.29) is 12.5 Å². The van der Waals surface area contributed by atoms with Gasteiger partial charge in [-0.3, -0.25) is 4.79 Å². The van der Waals surface area contributed by atoms with Crippen molar-refractivity contribution in [3.05, 3.63) is 42.0 Å². The van der Waals surface area contributed by atoms with Gasteiger partial charge in [0, 0.05) is 12.2 Å². The molecule has 0 bridgehead atoms. The summed E-state index contributed by atoms with van der Waals surface area (Å²) in [5.41, 5.74) is 3.62. The van der Waals surface area contributed by atoms with Crippen molar-refractivity contribution in [2.75, 3.05) is 18.4 Å². The molecule has 3 heteroatoms. The molecule has 2 N–H and O–H groups in total. The molecule has 0 unspecified atom stereocenters. The third-order valence-corrected chi connectivity index (χ3v) is 3.24. The van der Waals surface area contributed by atoms with Gasteiger partial charge in [-0.2, -0.15) is 0 Å². The van der Waals surface area contributed by atoms with Gasteiger partial charge in [-0.05, 0) is 23.0 Å². The van der Waals surface area contributed by atoms with Gasteiger partial charge in [-0.15, -0.1) is 6.58 Å². The summed E-state index contributed by atoms with van der Waals surface area (Å²) < 4.78 is 0. The van der Waals surface area contributed by atoms with Crippen molar-refractivity contribution in [3.63, 3.8) is 0 Å². The van der Waals surface area contributed by atoms with Crippen LogP contribution in [0.4, 0.5) is 5.69 Å². The van der Waals surface area contributed by atoms with Gasteiger partial charge < -0.3 is 10.6 Å². The maximum Gasteiger partial charge on any atom is 0.239 e. The summed E-state index contributed by atoms with van der Waals surface area (Å²) in [6.07, 6.45) is 1.68. The Kier molecular flexibility index (Phi) is 6.29. The van der Waals surface area contributed by atoms with Crippen molar-refractivity contribution >= 4 is 11.6 Å². The fourth-order valence-electron chi connectivity index (χ4n) is 2.17. The number of benzene rings is 1. The van der Waals surface area contributed by atoms with Crippen LogP contribution in [0.1, 0.15) is 50.7 Å². The van der Waals surface area contributed by atoms with Gasteiger partial charge in [0.2, 0.25) is 5.91 Å². The maximum absolute atomic E-state index is 11.7. The monoisotopic (exact) mass is 274 g/mol. The normalized spacial score (nSPS) is 10.7. The van der Waals surface area contributed by atoms with Crippen molar-refractivity contribution in [2.45, 2.75) is 39.5 Å². The highest BCUT2D eigenvalue weighted by atomic mass is 16.1. The van der Waals surface area contributed by atoms with E-state index >= 15 is 0 Å². The zero-order chi connectivity index (χ0) is 15.1. The van der Waals surface area contributed by atoms with Crippen LogP contribution in [0.15, 0.2) is 30.9 Å². The largest absolute Gasteiger partial charge is 0.376 e. The van der Waals surface area contributed by atoms with Crippen molar-refractivity contribution in [1.82, 2.24) is 5.32 Å². The van der Waals surface area contributed by atoms with Crippen LogP contribution in [-0.2, 0) is 4.79 Å². The molecule has 0 heterocycles. The average molecular weight is 274 g/mol. The lowest BCUT2D eigenvalue weighted by atomic mass is 9.92. The third kappa shape index (κ3) is 4.41. The van der Waals surface area contributed by atoms with Crippen LogP contribution in [0.2, 0.25) is 0 Å². The predicted octanol–water partition coefficient (Wildman–Crippen LogP) is 3.65. The van der Waals surface area contributed by atoms with E-state index in [4.69, 9.17) is 0 Å². The molecule has 0 aliphatic heterocycles. The highest BCUT2D eigenvalue weighted by Crippen LogP contribution is 2.32. The van der Waals surface area contributed by atoms with Crippen LogP contribution in [-0.4, -0.2) is 19.0 Å². The van der Waals surface area contributed by atoms with Gasteiger partial charge >= 0.3 is 0 Å². The highest BCUT2D eigenvalue weighted by molar-refractivity contribution is 5.81. The fourth-order valence-corrected chi connectivity index (χ4v) is 2.17. The number of hydrogen-bond donors (Lipinski definition) is 2. The lowest BCUT2D eigenvalue weighted by Crippen LogP contribution is -2.30.